The van der Waals surface area contributed by atoms with Gasteiger partial charge in [-0.15, -0.1) is 10.2 Å². The maximum atomic E-state index is 6.45. The third kappa shape index (κ3) is 4.53. The second-order valence-corrected chi connectivity index (χ2v) is 8.31. The number of nitrogens with zero attached hydrogens (tertiary/aromatic N) is 4. The van der Waals surface area contributed by atoms with Crippen LogP contribution in [0.4, 0.5) is 0 Å². The molecule has 0 atom stereocenters. The molecule has 0 bridgehead atoms. The number of rotatable bonds is 6. The molecule has 1 saturated heterocycles. The predicted octanol–water partition coefficient (Wildman–Crippen LogP) is 4.67. The van der Waals surface area contributed by atoms with Gasteiger partial charge in [-0.3, -0.25) is 9.47 Å². The van der Waals surface area contributed by atoms with E-state index in [1.807, 2.05) is 42.5 Å². The summed E-state index contributed by atoms with van der Waals surface area (Å²) in [6.45, 7) is 4.58. The Morgan fingerprint density at radius 1 is 1.00 bits per heavy atom. The van der Waals surface area contributed by atoms with E-state index in [-0.39, 0.29) is 0 Å². The third-order valence-electron chi connectivity index (χ3n) is 4.56. The third-order valence-corrected chi connectivity index (χ3v) is 6.02. The van der Waals surface area contributed by atoms with Gasteiger partial charge in [-0.05, 0) is 30.3 Å². The number of halogens is 2. The molecule has 8 heteroatoms. The van der Waals surface area contributed by atoms with Crippen LogP contribution in [0.2, 0.25) is 10.0 Å². The molecular formula is C20H20Cl2N4OS. The number of para-hydroxylation sites is 1. The van der Waals surface area contributed by atoms with Gasteiger partial charge in [-0.1, -0.05) is 53.2 Å². The van der Waals surface area contributed by atoms with E-state index >= 15 is 0 Å². The summed E-state index contributed by atoms with van der Waals surface area (Å²) in [6.07, 6.45) is 0. The first kappa shape index (κ1) is 19.7. The lowest BCUT2D eigenvalue weighted by Gasteiger charge is -2.26. The van der Waals surface area contributed by atoms with Crippen LogP contribution in [0.1, 0.15) is 0 Å². The Balaban J connectivity index is 1.62. The molecule has 2 heterocycles. The summed E-state index contributed by atoms with van der Waals surface area (Å²) in [5, 5.41) is 10.9. The lowest BCUT2D eigenvalue weighted by molar-refractivity contribution is 0.0410. The fourth-order valence-corrected chi connectivity index (χ4v) is 4.55. The van der Waals surface area contributed by atoms with Crippen molar-refractivity contribution in [2.45, 2.75) is 5.16 Å². The van der Waals surface area contributed by atoms with Crippen LogP contribution < -0.4 is 0 Å². The Bertz CT molecular complexity index is 929. The number of aromatic nitrogens is 3. The summed E-state index contributed by atoms with van der Waals surface area (Å²) < 4.78 is 7.47. The van der Waals surface area contributed by atoms with Crippen LogP contribution in [0.25, 0.3) is 17.1 Å². The van der Waals surface area contributed by atoms with Crippen molar-refractivity contribution < 1.29 is 4.74 Å². The highest BCUT2D eigenvalue weighted by molar-refractivity contribution is 7.99. The molecule has 2 aromatic carbocycles. The van der Waals surface area contributed by atoms with E-state index < -0.39 is 0 Å². The molecule has 4 rings (SSSR count). The van der Waals surface area contributed by atoms with Crippen molar-refractivity contribution in [2.75, 3.05) is 38.6 Å². The van der Waals surface area contributed by atoms with E-state index in [4.69, 9.17) is 27.9 Å². The van der Waals surface area contributed by atoms with Gasteiger partial charge in [0.25, 0.3) is 0 Å². The molecule has 0 amide bonds. The molecule has 0 N–H and O–H groups in total. The predicted molar refractivity (Wildman–Crippen MR) is 115 cm³/mol. The Kier molecular flexibility index (Phi) is 6.54. The maximum Gasteiger partial charge on any atom is 0.196 e. The molecule has 0 radical (unpaired) electrons. The first-order chi connectivity index (χ1) is 13.7. The second kappa shape index (κ2) is 9.29. The van der Waals surface area contributed by atoms with Gasteiger partial charge in [0.05, 0.1) is 18.2 Å². The molecule has 1 aromatic heterocycles. The Morgan fingerprint density at radius 3 is 2.54 bits per heavy atom. The molecule has 1 aliphatic heterocycles. The fourth-order valence-electron chi connectivity index (χ4n) is 3.11. The first-order valence-electron chi connectivity index (χ1n) is 9.11. The zero-order valence-electron chi connectivity index (χ0n) is 15.2. The molecule has 0 saturated carbocycles. The molecule has 0 spiro atoms. The van der Waals surface area contributed by atoms with E-state index in [1.54, 1.807) is 17.8 Å². The monoisotopic (exact) mass is 434 g/mol. The van der Waals surface area contributed by atoms with Crippen molar-refractivity contribution >= 4 is 35.0 Å². The lowest BCUT2D eigenvalue weighted by atomic mass is 10.2. The molecular weight excluding hydrogens is 415 g/mol. The molecule has 5 nitrogen and oxygen atoms in total. The topological polar surface area (TPSA) is 43.2 Å². The number of ether oxygens (including phenoxy) is 1. The SMILES string of the molecule is Clc1ccc(-c2nnc(SCCN3CCOCC3)n2-c2ccccc2)c(Cl)c1. The van der Waals surface area contributed by atoms with Gasteiger partial charge in [-0.2, -0.15) is 0 Å². The average molecular weight is 435 g/mol. The van der Waals surface area contributed by atoms with Gasteiger partial charge in [0, 0.05) is 41.7 Å². The van der Waals surface area contributed by atoms with Gasteiger partial charge >= 0.3 is 0 Å². The quantitative estimate of drug-likeness (QED) is 0.527. The van der Waals surface area contributed by atoms with E-state index in [9.17, 15) is 0 Å². The van der Waals surface area contributed by atoms with Crippen molar-refractivity contribution in [3.05, 3.63) is 58.6 Å². The lowest BCUT2D eigenvalue weighted by Crippen LogP contribution is -2.37. The Labute approximate surface area is 178 Å². The van der Waals surface area contributed by atoms with Crippen LogP contribution in [0.15, 0.2) is 53.7 Å². The van der Waals surface area contributed by atoms with E-state index in [1.165, 1.54) is 0 Å². The van der Waals surface area contributed by atoms with Crippen LogP contribution in [0, 0.1) is 0 Å². The molecule has 28 heavy (non-hydrogen) atoms. The molecule has 1 fully saturated rings. The zero-order chi connectivity index (χ0) is 19.3. The highest BCUT2D eigenvalue weighted by Gasteiger charge is 2.19. The molecule has 0 aliphatic carbocycles. The average Bonchev–Trinajstić information content (AvgIpc) is 3.13. The first-order valence-corrected chi connectivity index (χ1v) is 10.9. The van der Waals surface area contributed by atoms with Gasteiger partial charge in [0.2, 0.25) is 0 Å². The summed E-state index contributed by atoms with van der Waals surface area (Å²) in [4.78, 5) is 2.41. The van der Waals surface area contributed by atoms with Gasteiger partial charge in [0.1, 0.15) is 0 Å². The minimum atomic E-state index is 0.557. The number of benzene rings is 2. The minimum Gasteiger partial charge on any atom is -0.379 e. The minimum absolute atomic E-state index is 0.557. The number of hydrogen-bond acceptors (Lipinski definition) is 5. The molecule has 146 valence electrons. The van der Waals surface area contributed by atoms with Gasteiger partial charge in [-0.25, -0.2) is 0 Å². The number of hydrogen-bond donors (Lipinski definition) is 0. The van der Waals surface area contributed by atoms with Crippen LogP contribution >= 0.6 is 35.0 Å². The van der Waals surface area contributed by atoms with E-state index in [0.717, 1.165) is 55.0 Å². The number of morpholine rings is 1. The van der Waals surface area contributed by atoms with E-state index in [0.29, 0.717) is 15.9 Å². The van der Waals surface area contributed by atoms with Crippen LogP contribution in [0.3, 0.4) is 0 Å². The highest BCUT2D eigenvalue weighted by Crippen LogP contribution is 2.33. The smallest absolute Gasteiger partial charge is 0.196 e. The fraction of sp³-hybridized carbons (Fsp3) is 0.300. The summed E-state index contributed by atoms with van der Waals surface area (Å²) in [5.74, 6) is 1.64. The van der Waals surface area contributed by atoms with Crippen LogP contribution in [0.5, 0.6) is 0 Å². The standard InChI is InChI=1S/C20H20Cl2N4OS/c21-15-6-7-17(18(22)14-15)19-23-24-20(26(19)16-4-2-1-3-5-16)28-13-10-25-8-11-27-12-9-25/h1-7,14H,8-13H2. The Morgan fingerprint density at radius 2 is 1.79 bits per heavy atom. The molecule has 0 unspecified atom stereocenters. The Hall–Kier alpha value is -1.57. The van der Waals surface area contributed by atoms with Crippen molar-refractivity contribution in [3.63, 3.8) is 0 Å². The van der Waals surface area contributed by atoms with Gasteiger partial charge < -0.3 is 4.74 Å². The van der Waals surface area contributed by atoms with Crippen molar-refractivity contribution in [1.29, 1.82) is 0 Å². The maximum absolute atomic E-state index is 6.45. The number of thioether (sulfide) groups is 1. The summed E-state index contributed by atoms with van der Waals surface area (Å²) in [7, 11) is 0. The summed E-state index contributed by atoms with van der Waals surface area (Å²) >= 11 is 14.2. The normalized spacial score (nSPS) is 15.1. The largest absolute Gasteiger partial charge is 0.379 e. The van der Waals surface area contributed by atoms with Crippen molar-refractivity contribution in [1.82, 2.24) is 19.7 Å². The van der Waals surface area contributed by atoms with Crippen molar-refractivity contribution in [2.24, 2.45) is 0 Å². The zero-order valence-corrected chi connectivity index (χ0v) is 17.6. The second-order valence-electron chi connectivity index (χ2n) is 6.40. The van der Waals surface area contributed by atoms with Crippen LogP contribution in [-0.2, 0) is 4.74 Å². The van der Waals surface area contributed by atoms with Gasteiger partial charge in [0.15, 0.2) is 11.0 Å². The summed E-state index contributed by atoms with van der Waals surface area (Å²) in [5.41, 5.74) is 1.81. The highest BCUT2D eigenvalue weighted by atomic mass is 35.5. The van der Waals surface area contributed by atoms with Crippen LogP contribution in [-0.4, -0.2) is 58.3 Å². The molecule has 1 aliphatic rings. The van der Waals surface area contributed by atoms with E-state index in [2.05, 4.69) is 19.7 Å². The molecule has 3 aromatic rings. The summed E-state index contributed by atoms with van der Waals surface area (Å²) in [6, 6.07) is 15.5. The van der Waals surface area contributed by atoms with Crippen molar-refractivity contribution in [3.8, 4) is 17.1 Å².